The molecule has 0 aliphatic carbocycles. The van der Waals surface area contributed by atoms with Crippen LogP contribution in [-0.2, 0) is 6.54 Å². The molecule has 0 saturated heterocycles. The largest absolute Gasteiger partial charge is 0.326 e. The van der Waals surface area contributed by atoms with E-state index in [-0.39, 0.29) is 0 Å². The second-order valence-corrected chi connectivity index (χ2v) is 4.78. The van der Waals surface area contributed by atoms with E-state index in [9.17, 15) is 0 Å². The van der Waals surface area contributed by atoms with Crippen molar-refractivity contribution in [1.29, 1.82) is 0 Å². The van der Waals surface area contributed by atoms with Crippen LogP contribution in [0, 0.1) is 0 Å². The predicted octanol–water partition coefficient (Wildman–Crippen LogP) is 3.05. The van der Waals surface area contributed by atoms with Gasteiger partial charge in [0.05, 0.1) is 17.6 Å². The van der Waals surface area contributed by atoms with Crippen LogP contribution in [0.4, 0.5) is 0 Å². The summed E-state index contributed by atoms with van der Waals surface area (Å²) in [5.74, 6) is 0. The second kappa shape index (κ2) is 5.45. The maximum Gasteiger partial charge on any atom is 0.0944 e. The van der Waals surface area contributed by atoms with Crippen molar-refractivity contribution in [2.24, 2.45) is 5.73 Å². The van der Waals surface area contributed by atoms with Crippen molar-refractivity contribution in [3.05, 3.63) is 65.3 Å². The highest BCUT2D eigenvalue weighted by Gasteiger charge is 2.10. The van der Waals surface area contributed by atoms with E-state index in [4.69, 9.17) is 17.3 Å². The zero-order valence-corrected chi connectivity index (χ0v) is 11.5. The molecule has 0 atom stereocenters. The molecule has 0 bridgehead atoms. The highest BCUT2D eigenvalue weighted by Crippen LogP contribution is 2.26. The topological polar surface area (TPSA) is 56.7 Å². The number of nitrogens with two attached hydrogens (primary N) is 1. The Hall–Kier alpha value is -2.17. The van der Waals surface area contributed by atoms with Crippen LogP contribution >= 0.6 is 11.6 Å². The number of hydrogen-bond donors (Lipinski definition) is 1. The van der Waals surface area contributed by atoms with E-state index < -0.39 is 0 Å². The lowest BCUT2D eigenvalue weighted by atomic mass is 10.1. The van der Waals surface area contributed by atoms with Gasteiger partial charge in [0, 0.05) is 17.1 Å². The number of para-hydroxylation sites is 1. The highest BCUT2D eigenvalue weighted by atomic mass is 35.5. The summed E-state index contributed by atoms with van der Waals surface area (Å²) < 4.78 is 1.79. The number of rotatable bonds is 3. The van der Waals surface area contributed by atoms with Gasteiger partial charge in [-0.25, -0.2) is 4.68 Å². The fourth-order valence-electron chi connectivity index (χ4n) is 2.06. The Morgan fingerprint density at radius 1 is 1.10 bits per heavy atom. The standard InChI is InChI=1S/C15H13ClN4/c16-14-8-11(6-7-12(14)9-17)15-10-18-19-20(15)13-4-2-1-3-5-13/h1-8,10H,9,17H2. The molecule has 0 aliphatic rings. The zero-order chi connectivity index (χ0) is 13.9. The quantitative estimate of drug-likeness (QED) is 0.804. The summed E-state index contributed by atoms with van der Waals surface area (Å²) in [6, 6.07) is 15.7. The van der Waals surface area contributed by atoms with Crippen molar-refractivity contribution in [2.75, 3.05) is 0 Å². The van der Waals surface area contributed by atoms with Crippen LogP contribution in [0.1, 0.15) is 5.56 Å². The molecule has 0 aliphatic heterocycles. The fourth-order valence-corrected chi connectivity index (χ4v) is 2.32. The summed E-state index contributed by atoms with van der Waals surface area (Å²) in [4.78, 5) is 0. The van der Waals surface area contributed by atoms with Crippen molar-refractivity contribution >= 4 is 11.6 Å². The van der Waals surface area contributed by atoms with Crippen LogP contribution in [0.15, 0.2) is 54.7 Å². The average Bonchev–Trinajstić information content (AvgIpc) is 2.97. The van der Waals surface area contributed by atoms with E-state index in [1.54, 1.807) is 10.9 Å². The minimum absolute atomic E-state index is 0.426. The summed E-state index contributed by atoms with van der Waals surface area (Å²) in [7, 11) is 0. The second-order valence-electron chi connectivity index (χ2n) is 4.38. The van der Waals surface area contributed by atoms with Gasteiger partial charge < -0.3 is 5.73 Å². The summed E-state index contributed by atoms with van der Waals surface area (Å²) in [5.41, 5.74) is 9.36. The molecule has 20 heavy (non-hydrogen) atoms. The zero-order valence-electron chi connectivity index (χ0n) is 10.7. The number of halogens is 1. The molecule has 0 saturated carbocycles. The fraction of sp³-hybridized carbons (Fsp3) is 0.0667. The molecule has 0 amide bonds. The molecule has 3 aromatic rings. The third kappa shape index (κ3) is 2.31. The van der Waals surface area contributed by atoms with Crippen molar-refractivity contribution in [3.63, 3.8) is 0 Å². The number of nitrogens with zero attached hydrogens (tertiary/aromatic N) is 3. The van der Waals surface area contributed by atoms with E-state index in [2.05, 4.69) is 10.3 Å². The predicted molar refractivity (Wildman–Crippen MR) is 79.7 cm³/mol. The molecule has 0 unspecified atom stereocenters. The molecular weight excluding hydrogens is 272 g/mol. The smallest absolute Gasteiger partial charge is 0.0944 e. The molecule has 2 N–H and O–H groups in total. The molecule has 0 radical (unpaired) electrons. The Bertz CT molecular complexity index is 722. The van der Waals surface area contributed by atoms with Gasteiger partial charge in [0.2, 0.25) is 0 Å². The molecular formula is C15H13ClN4. The molecule has 0 spiro atoms. The van der Waals surface area contributed by atoms with Gasteiger partial charge in [-0.2, -0.15) is 0 Å². The molecule has 0 fully saturated rings. The molecule has 1 aromatic heterocycles. The van der Waals surface area contributed by atoms with Gasteiger partial charge in [-0.15, -0.1) is 5.10 Å². The molecule has 1 heterocycles. The molecule has 4 nitrogen and oxygen atoms in total. The van der Waals surface area contributed by atoms with Crippen molar-refractivity contribution in [3.8, 4) is 16.9 Å². The van der Waals surface area contributed by atoms with Crippen LogP contribution in [0.3, 0.4) is 0 Å². The minimum Gasteiger partial charge on any atom is -0.326 e. The van der Waals surface area contributed by atoms with E-state index in [0.29, 0.717) is 11.6 Å². The number of benzene rings is 2. The van der Waals surface area contributed by atoms with E-state index in [1.807, 2.05) is 48.5 Å². The lowest BCUT2D eigenvalue weighted by Gasteiger charge is -2.08. The number of hydrogen-bond acceptors (Lipinski definition) is 3. The van der Waals surface area contributed by atoms with Crippen LogP contribution in [-0.4, -0.2) is 15.0 Å². The third-order valence-corrected chi connectivity index (χ3v) is 3.47. The normalized spacial score (nSPS) is 10.7. The minimum atomic E-state index is 0.426. The van der Waals surface area contributed by atoms with Crippen LogP contribution in [0.25, 0.3) is 16.9 Å². The van der Waals surface area contributed by atoms with E-state index >= 15 is 0 Å². The summed E-state index contributed by atoms with van der Waals surface area (Å²) in [6.07, 6.45) is 1.72. The Morgan fingerprint density at radius 2 is 1.90 bits per heavy atom. The van der Waals surface area contributed by atoms with Crippen molar-refractivity contribution in [2.45, 2.75) is 6.54 Å². The van der Waals surface area contributed by atoms with Crippen molar-refractivity contribution < 1.29 is 0 Å². The number of aromatic nitrogens is 3. The molecule has 2 aromatic carbocycles. The molecule has 100 valence electrons. The third-order valence-electron chi connectivity index (χ3n) is 3.12. The lowest BCUT2D eigenvalue weighted by molar-refractivity contribution is 0.808. The SMILES string of the molecule is NCc1ccc(-c2cnnn2-c2ccccc2)cc1Cl. The van der Waals surface area contributed by atoms with Gasteiger partial charge in [-0.3, -0.25) is 0 Å². The first-order valence-corrected chi connectivity index (χ1v) is 6.62. The van der Waals surface area contributed by atoms with Gasteiger partial charge in [0.1, 0.15) is 0 Å². The first kappa shape index (κ1) is 12.8. The maximum absolute atomic E-state index is 6.21. The summed E-state index contributed by atoms with van der Waals surface area (Å²) in [5, 5.41) is 8.78. The van der Waals surface area contributed by atoms with Gasteiger partial charge in [-0.05, 0) is 23.8 Å². The van der Waals surface area contributed by atoms with Crippen LogP contribution < -0.4 is 5.73 Å². The highest BCUT2D eigenvalue weighted by molar-refractivity contribution is 6.31. The Balaban J connectivity index is 2.08. The summed E-state index contributed by atoms with van der Waals surface area (Å²) in [6.45, 7) is 0.426. The van der Waals surface area contributed by atoms with Gasteiger partial charge in [0.25, 0.3) is 0 Å². The van der Waals surface area contributed by atoms with Gasteiger partial charge in [-0.1, -0.05) is 47.1 Å². The monoisotopic (exact) mass is 284 g/mol. The molecule has 5 heteroatoms. The Labute approximate surface area is 121 Å². The van der Waals surface area contributed by atoms with Gasteiger partial charge in [0.15, 0.2) is 0 Å². The first-order valence-electron chi connectivity index (χ1n) is 6.24. The van der Waals surface area contributed by atoms with E-state index in [1.165, 1.54) is 0 Å². The van der Waals surface area contributed by atoms with Crippen molar-refractivity contribution in [1.82, 2.24) is 15.0 Å². The summed E-state index contributed by atoms with van der Waals surface area (Å²) >= 11 is 6.21. The van der Waals surface area contributed by atoms with Gasteiger partial charge >= 0.3 is 0 Å². The lowest BCUT2D eigenvalue weighted by Crippen LogP contribution is -2.00. The van der Waals surface area contributed by atoms with E-state index in [0.717, 1.165) is 22.5 Å². The molecule has 3 rings (SSSR count). The Morgan fingerprint density at radius 3 is 2.60 bits per heavy atom. The maximum atomic E-state index is 6.21. The first-order chi connectivity index (χ1) is 9.79. The van der Waals surface area contributed by atoms with Crippen LogP contribution in [0.2, 0.25) is 5.02 Å². The van der Waals surface area contributed by atoms with Crippen LogP contribution in [0.5, 0.6) is 0 Å². The average molecular weight is 285 g/mol. The Kier molecular flexibility index (Phi) is 3.50.